The van der Waals surface area contributed by atoms with Crippen molar-refractivity contribution < 1.29 is 9.59 Å². The summed E-state index contributed by atoms with van der Waals surface area (Å²) >= 11 is 0. The van der Waals surface area contributed by atoms with E-state index < -0.39 is 5.41 Å². The Morgan fingerprint density at radius 1 is 1.30 bits per heavy atom. The molecule has 0 aromatic rings. The number of nitrogens with zero attached hydrogens (tertiary/aromatic N) is 2. The molecule has 5 heteroatoms. The average Bonchev–Trinajstić information content (AvgIpc) is 2.44. The molecule has 0 aliphatic heterocycles. The third kappa shape index (κ3) is 4.52. The Hall–Kier alpha value is -1.57. The second-order valence-electron chi connectivity index (χ2n) is 5.39. The monoisotopic (exact) mass is 281 g/mol. The van der Waals surface area contributed by atoms with Crippen molar-refractivity contribution in [2.75, 3.05) is 20.6 Å². The molecule has 0 fully saturated rings. The molecule has 5 nitrogen and oxygen atoms in total. The van der Waals surface area contributed by atoms with Gasteiger partial charge in [0.15, 0.2) is 0 Å². The van der Waals surface area contributed by atoms with Crippen molar-refractivity contribution >= 4 is 11.8 Å². The van der Waals surface area contributed by atoms with E-state index in [0.717, 1.165) is 12.8 Å². The predicted molar refractivity (Wildman–Crippen MR) is 78.7 cm³/mol. The van der Waals surface area contributed by atoms with E-state index in [4.69, 9.17) is 0 Å². The predicted octanol–water partition coefficient (Wildman–Crippen LogP) is 1.94. The van der Waals surface area contributed by atoms with E-state index in [0.29, 0.717) is 19.4 Å². The first-order chi connectivity index (χ1) is 9.38. The minimum atomic E-state index is -0.944. The number of amides is 2. The zero-order valence-electron chi connectivity index (χ0n) is 13.3. The molecule has 1 unspecified atom stereocenters. The fourth-order valence-corrected chi connectivity index (χ4v) is 2.54. The van der Waals surface area contributed by atoms with E-state index >= 15 is 0 Å². The molecule has 0 aromatic heterocycles. The molecule has 114 valence electrons. The first-order valence-electron chi connectivity index (χ1n) is 7.26. The molecule has 0 aliphatic rings. The quantitative estimate of drug-likeness (QED) is 0.739. The van der Waals surface area contributed by atoms with Crippen LogP contribution in [0, 0.1) is 22.7 Å². The Bertz CT molecular complexity index is 368. The molecule has 0 rings (SSSR count). The molecule has 0 radical (unpaired) electrons. The summed E-state index contributed by atoms with van der Waals surface area (Å²) in [7, 11) is 3.24. The third-order valence-electron chi connectivity index (χ3n) is 3.57. The molecule has 0 aromatic carbocycles. The maximum Gasteiger partial charge on any atom is 0.242 e. The zero-order valence-corrected chi connectivity index (χ0v) is 13.3. The van der Waals surface area contributed by atoms with Gasteiger partial charge in [-0.3, -0.25) is 9.59 Å². The summed E-state index contributed by atoms with van der Waals surface area (Å²) in [6.07, 6.45) is 2.71. The van der Waals surface area contributed by atoms with Crippen LogP contribution in [0.2, 0.25) is 0 Å². The van der Waals surface area contributed by atoms with Crippen LogP contribution in [0.25, 0.3) is 0 Å². The number of rotatable bonds is 8. The van der Waals surface area contributed by atoms with Crippen molar-refractivity contribution in [2.24, 2.45) is 11.3 Å². The minimum Gasteiger partial charge on any atom is -0.359 e. The zero-order chi connectivity index (χ0) is 15.8. The minimum absolute atomic E-state index is 0.0989. The first kappa shape index (κ1) is 18.4. The van der Waals surface area contributed by atoms with Gasteiger partial charge in [-0.1, -0.05) is 33.6 Å². The summed E-state index contributed by atoms with van der Waals surface area (Å²) in [5, 5.41) is 12.0. The van der Waals surface area contributed by atoms with Crippen molar-refractivity contribution in [3.8, 4) is 6.07 Å². The molecule has 0 saturated heterocycles. The lowest BCUT2D eigenvalue weighted by atomic mass is 9.79. The second-order valence-corrected chi connectivity index (χ2v) is 5.39. The summed E-state index contributed by atoms with van der Waals surface area (Å²) in [5.74, 6) is -0.550. The molecule has 1 N–H and O–H groups in total. The number of hydrogen-bond acceptors (Lipinski definition) is 3. The summed E-state index contributed by atoms with van der Waals surface area (Å²) < 4.78 is 0. The van der Waals surface area contributed by atoms with Crippen LogP contribution in [0.5, 0.6) is 0 Å². The summed E-state index contributed by atoms with van der Waals surface area (Å²) in [6, 6.07) is 2.22. The number of carbonyl (C=O) groups excluding carboxylic acids is 2. The number of nitrogens with one attached hydrogen (secondary N) is 1. The highest BCUT2D eigenvalue weighted by Gasteiger charge is 2.39. The van der Waals surface area contributed by atoms with Crippen LogP contribution in [0.4, 0.5) is 0 Å². The van der Waals surface area contributed by atoms with Crippen molar-refractivity contribution in [3.05, 3.63) is 0 Å². The van der Waals surface area contributed by atoms with Crippen LogP contribution in [0.3, 0.4) is 0 Å². The van der Waals surface area contributed by atoms with Gasteiger partial charge in [-0.05, 0) is 12.8 Å². The molecule has 20 heavy (non-hydrogen) atoms. The molecular weight excluding hydrogens is 254 g/mol. The van der Waals surface area contributed by atoms with E-state index in [1.165, 1.54) is 4.90 Å². The van der Waals surface area contributed by atoms with E-state index in [9.17, 15) is 14.9 Å². The van der Waals surface area contributed by atoms with Gasteiger partial charge in [0.05, 0.1) is 12.0 Å². The SMILES string of the molecule is CCCC(C#N)(CCC)C(=O)N(C)CC(C)C(=O)NC. The number of carbonyl (C=O) groups is 2. The molecule has 0 saturated carbocycles. The van der Waals surface area contributed by atoms with Crippen molar-refractivity contribution in [2.45, 2.75) is 46.5 Å². The van der Waals surface area contributed by atoms with Crippen LogP contribution >= 0.6 is 0 Å². The lowest BCUT2D eigenvalue weighted by Crippen LogP contribution is -2.45. The average molecular weight is 281 g/mol. The number of nitriles is 1. The van der Waals surface area contributed by atoms with Crippen LogP contribution < -0.4 is 5.32 Å². The Balaban J connectivity index is 4.98. The molecule has 1 atom stereocenters. The molecule has 0 spiro atoms. The topological polar surface area (TPSA) is 73.2 Å². The molecule has 0 heterocycles. The molecule has 2 amide bonds. The van der Waals surface area contributed by atoms with Crippen LogP contribution in [0.1, 0.15) is 46.5 Å². The van der Waals surface area contributed by atoms with Gasteiger partial charge < -0.3 is 10.2 Å². The standard InChI is InChI=1S/C15H27N3O2/c1-6-8-15(11-16,9-7-2)14(20)18(5)10-12(3)13(19)17-4/h12H,6-10H2,1-5H3,(H,17,19). The van der Waals surface area contributed by atoms with Crippen LogP contribution in [-0.2, 0) is 9.59 Å². The molecule has 0 aliphatic carbocycles. The fraction of sp³-hybridized carbons (Fsp3) is 0.800. The van der Waals surface area contributed by atoms with E-state index in [-0.39, 0.29) is 17.7 Å². The van der Waals surface area contributed by atoms with Gasteiger partial charge >= 0.3 is 0 Å². The lowest BCUT2D eigenvalue weighted by molar-refractivity contribution is -0.139. The van der Waals surface area contributed by atoms with Gasteiger partial charge in [0.2, 0.25) is 11.8 Å². The number of hydrogen-bond donors (Lipinski definition) is 1. The van der Waals surface area contributed by atoms with Gasteiger partial charge in [0.1, 0.15) is 5.41 Å². The third-order valence-corrected chi connectivity index (χ3v) is 3.57. The lowest BCUT2D eigenvalue weighted by Gasteiger charge is -2.31. The van der Waals surface area contributed by atoms with Gasteiger partial charge in [0, 0.05) is 20.6 Å². The molecular formula is C15H27N3O2. The van der Waals surface area contributed by atoms with E-state index in [2.05, 4.69) is 11.4 Å². The highest BCUT2D eigenvalue weighted by Crippen LogP contribution is 2.31. The normalized spacial score (nSPS) is 12.4. The van der Waals surface area contributed by atoms with Crippen molar-refractivity contribution in [1.29, 1.82) is 5.26 Å². The maximum atomic E-state index is 12.6. The van der Waals surface area contributed by atoms with Crippen LogP contribution in [-0.4, -0.2) is 37.4 Å². The van der Waals surface area contributed by atoms with Gasteiger partial charge in [-0.2, -0.15) is 5.26 Å². The Kier molecular flexibility index (Phi) is 7.90. The Morgan fingerprint density at radius 3 is 2.15 bits per heavy atom. The molecule has 0 bridgehead atoms. The van der Waals surface area contributed by atoms with Gasteiger partial charge in [-0.25, -0.2) is 0 Å². The van der Waals surface area contributed by atoms with E-state index in [1.807, 2.05) is 13.8 Å². The smallest absolute Gasteiger partial charge is 0.242 e. The van der Waals surface area contributed by atoms with Crippen molar-refractivity contribution in [1.82, 2.24) is 10.2 Å². The van der Waals surface area contributed by atoms with Gasteiger partial charge in [0.25, 0.3) is 0 Å². The second kappa shape index (κ2) is 8.57. The van der Waals surface area contributed by atoms with E-state index in [1.54, 1.807) is 21.0 Å². The largest absolute Gasteiger partial charge is 0.359 e. The van der Waals surface area contributed by atoms with Gasteiger partial charge in [-0.15, -0.1) is 0 Å². The summed E-state index contributed by atoms with van der Waals surface area (Å²) in [4.78, 5) is 25.6. The fourth-order valence-electron chi connectivity index (χ4n) is 2.54. The maximum absolute atomic E-state index is 12.6. The van der Waals surface area contributed by atoms with Crippen molar-refractivity contribution in [3.63, 3.8) is 0 Å². The van der Waals surface area contributed by atoms with Crippen LogP contribution in [0.15, 0.2) is 0 Å². The summed E-state index contributed by atoms with van der Waals surface area (Å²) in [5.41, 5.74) is -0.944. The Morgan fingerprint density at radius 2 is 1.80 bits per heavy atom. The first-order valence-corrected chi connectivity index (χ1v) is 7.26. The highest BCUT2D eigenvalue weighted by atomic mass is 16.2. The Labute approximate surface area is 122 Å². The summed E-state index contributed by atoms with van der Waals surface area (Å²) in [6.45, 7) is 6.05. The highest BCUT2D eigenvalue weighted by molar-refractivity contribution is 5.86.